The first-order chi connectivity index (χ1) is 3.80. The van der Waals surface area contributed by atoms with E-state index in [4.69, 9.17) is 10.8 Å². The molecular formula is C5H12N2O. The third-order valence-electron chi connectivity index (χ3n) is 1.47. The van der Waals surface area contributed by atoms with E-state index in [0.29, 0.717) is 0 Å². The molecule has 0 bridgehead atoms. The zero-order chi connectivity index (χ0) is 5.98. The van der Waals surface area contributed by atoms with E-state index in [0.717, 1.165) is 19.4 Å². The van der Waals surface area contributed by atoms with Crippen LogP contribution in [0.5, 0.6) is 0 Å². The van der Waals surface area contributed by atoms with E-state index in [-0.39, 0.29) is 12.3 Å². The van der Waals surface area contributed by atoms with Gasteiger partial charge in [-0.3, -0.25) is 5.32 Å². The second-order valence-corrected chi connectivity index (χ2v) is 2.19. The number of nitrogens with two attached hydrogens (primary N) is 1. The Morgan fingerprint density at radius 2 is 2.38 bits per heavy atom. The van der Waals surface area contributed by atoms with E-state index in [1.165, 1.54) is 0 Å². The highest BCUT2D eigenvalue weighted by atomic mass is 16.3. The summed E-state index contributed by atoms with van der Waals surface area (Å²) < 4.78 is 0. The molecule has 1 saturated heterocycles. The van der Waals surface area contributed by atoms with Crippen molar-refractivity contribution in [2.24, 2.45) is 5.73 Å². The number of aliphatic hydroxyl groups is 1. The Balaban J connectivity index is 2.28. The second-order valence-electron chi connectivity index (χ2n) is 2.19. The second kappa shape index (κ2) is 2.44. The first-order valence-corrected chi connectivity index (χ1v) is 2.98. The van der Waals surface area contributed by atoms with Crippen molar-refractivity contribution in [3.05, 3.63) is 0 Å². The van der Waals surface area contributed by atoms with Crippen LogP contribution in [-0.4, -0.2) is 23.9 Å². The minimum atomic E-state index is -0.330. The highest BCUT2D eigenvalue weighted by molar-refractivity contribution is 4.74. The van der Waals surface area contributed by atoms with Gasteiger partial charge in [0.15, 0.2) is 0 Å². The summed E-state index contributed by atoms with van der Waals surface area (Å²) in [6.45, 7) is 0.943. The number of hydrogen-bond donors (Lipinski definition) is 3. The van der Waals surface area contributed by atoms with Crippen molar-refractivity contribution < 1.29 is 5.11 Å². The molecule has 1 aliphatic heterocycles. The maximum absolute atomic E-state index is 8.99. The van der Waals surface area contributed by atoms with Gasteiger partial charge in [-0.25, -0.2) is 0 Å². The van der Waals surface area contributed by atoms with Crippen LogP contribution in [0, 0.1) is 0 Å². The zero-order valence-corrected chi connectivity index (χ0v) is 4.80. The molecule has 3 nitrogen and oxygen atoms in total. The van der Waals surface area contributed by atoms with Gasteiger partial charge in [0.25, 0.3) is 0 Å². The van der Waals surface area contributed by atoms with E-state index in [9.17, 15) is 0 Å². The number of piperidine rings is 1. The minimum absolute atomic E-state index is 0.191. The Bertz CT molecular complexity index is 66.8. The summed E-state index contributed by atoms with van der Waals surface area (Å²) in [4.78, 5) is 0. The van der Waals surface area contributed by atoms with Gasteiger partial charge in [-0.2, -0.15) is 0 Å². The van der Waals surface area contributed by atoms with Crippen molar-refractivity contribution in [3.8, 4) is 0 Å². The summed E-state index contributed by atoms with van der Waals surface area (Å²) in [5, 5.41) is 11.9. The molecule has 0 aliphatic carbocycles. The first kappa shape index (κ1) is 6.01. The van der Waals surface area contributed by atoms with Crippen LogP contribution in [0.1, 0.15) is 12.8 Å². The molecule has 0 saturated carbocycles. The molecule has 0 radical (unpaired) electrons. The molecule has 3 heteroatoms. The van der Waals surface area contributed by atoms with Crippen molar-refractivity contribution in [1.82, 2.24) is 5.32 Å². The molecule has 4 N–H and O–H groups in total. The number of rotatable bonds is 0. The predicted octanol–water partition coefficient (Wildman–Crippen LogP) is -0.985. The Hall–Kier alpha value is -0.120. The van der Waals surface area contributed by atoms with Crippen LogP contribution in [0.4, 0.5) is 0 Å². The molecule has 1 aliphatic rings. The fourth-order valence-electron chi connectivity index (χ4n) is 0.896. The van der Waals surface area contributed by atoms with Crippen LogP contribution >= 0.6 is 0 Å². The Labute approximate surface area is 48.9 Å². The van der Waals surface area contributed by atoms with Crippen LogP contribution in [0.3, 0.4) is 0 Å². The van der Waals surface area contributed by atoms with E-state index in [1.54, 1.807) is 0 Å². The summed E-state index contributed by atoms with van der Waals surface area (Å²) in [5.41, 5.74) is 5.42. The number of hydrogen-bond acceptors (Lipinski definition) is 3. The summed E-state index contributed by atoms with van der Waals surface area (Å²) >= 11 is 0. The fourth-order valence-corrected chi connectivity index (χ4v) is 0.896. The molecule has 0 aromatic heterocycles. The first-order valence-electron chi connectivity index (χ1n) is 2.98. The van der Waals surface area contributed by atoms with Gasteiger partial charge in [0.05, 0.1) is 12.3 Å². The summed E-state index contributed by atoms with van der Waals surface area (Å²) in [5.74, 6) is 0. The molecule has 0 aromatic carbocycles. The standard InChI is InChI=1S/C5H12N2O/c6-5-4(8)2-1-3-7-5/h4-5,7-8H,1-3,6H2/t4-,5+/m0/s1. The van der Waals surface area contributed by atoms with Gasteiger partial charge in [0.1, 0.15) is 0 Å². The van der Waals surface area contributed by atoms with Crippen molar-refractivity contribution in [3.63, 3.8) is 0 Å². The number of aliphatic hydroxyl groups excluding tert-OH is 1. The maximum atomic E-state index is 8.99. The topological polar surface area (TPSA) is 58.3 Å². The summed E-state index contributed by atoms with van der Waals surface area (Å²) in [6.07, 6.45) is 1.36. The van der Waals surface area contributed by atoms with E-state index >= 15 is 0 Å². The fraction of sp³-hybridized carbons (Fsp3) is 1.00. The van der Waals surface area contributed by atoms with Crippen LogP contribution in [-0.2, 0) is 0 Å². The lowest BCUT2D eigenvalue weighted by molar-refractivity contribution is 0.0991. The van der Waals surface area contributed by atoms with Crippen LogP contribution in [0.25, 0.3) is 0 Å². The molecule has 2 atom stereocenters. The summed E-state index contributed by atoms with van der Waals surface area (Å²) in [7, 11) is 0. The summed E-state index contributed by atoms with van der Waals surface area (Å²) in [6, 6.07) is 0. The van der Waals surface area contributed by atoms with Gasteiger partial charge in [-0.1, -0.05) is 0 Å². The van der Waals surface area contributed by atoms with E-state index in [2.05, 4.69) is 5.32 Å². The molecule has 0 amide bonds. The SMILES string of the molecule is N[C@@H]1NCCC[C@@H]1O. The molecule has 48 valence electrons. The molecule has 0 spiro atoms. The van der Waals surface area contributed by atoms with Gasteiger partial charge in [0, 0.05) is 0 Å². The Kier molecular flexibility index (Phi) is 1.83. The third kappa shape index (κ3) is 1.18. The van der Waals surface area contributed by atoms with Gasteiger partial charge < -0.3 is 10.8 Å². The highest BCUT2D eigenvalue weighted by Gasteiger charge is 2.17. The average molecular weight is 116 g/mol. The molecule has 1 rings (SSSR count). The predicted molar refractivity (Wildman–Crippen MR) is 31.2 cm³/mol. The maximum Gasteiger partial charge on any atom is 0.0823 e. The van der Waals surface area contributed by atoms with Crippen molar-refractivity contribution in [1.29, 1.82) is 0 Å². The van der Waals surface area contributed by atoms with Crippen molar-refractivity contribution >= 4 is 0 Å². The van der Waals surface area contributed by atoms with Crippen LogP contribution in [0.2, 0.25) is 0 Å². The lowest BCUT2D eigenvalue weighted by atomic mass is 10.1. The molecule has 1 fully saturated rings. The van der Waals surface area contributed by atoms with Crippen molar-refractivity contribution in [2.45, 2.75) is 25.1 Å². The van der Waals surface area contributed by atoms with E-state index in [1.807, 2.05) is 0 Å². The lowest BCUT2D eigenvalue weighted by Gasteiger charge is -2.24. The molecular weight excluding hydrogens is 104 g/mol. The van der Waals surface area contributed by atoms with E-state index < -0.39 is 0 Å². The van der Waals surface area contributed by atoms with Crippen LogP contribution in [0.15, 0.2) is 0 Å². The quantitative estimate of drug-likeness (QED) is 0.381. The largest absolute Gasteiger partial charge is 0.390 e. The smallest absolute Gasteiger partial charge is 0.0823 e. The molecule has 0 aromatic rings. The van der Waals surface area contributed by atoms with Crippen molar-refractivity contribution in [2.75, 3.05) is 6.54 Å². The number of nitrogens with one attached hydrogen (secondary N) is 1. The van der Waals surface area contributed by atoms with Crippen LogP contribution < -0.4 is 11.1 Å². The molecule has 1 heterocycles. The molecule has 0 unspecified atom stereocenters. The average Bonchev–Trinajstić information content (AvgIpc) is 1.77. The van der Waals surface area contributed by atoms with Gasteiger partial charge in [-0.15, -0.1) is 0 Å². The van der Waals surface area contributed by atoms with Gasteiger partial charge in [-0.05, 0) is 19.4 Å². The Morgan fingerprint density at radius 1 is 1.62 bits per heavy atom. The van der Waals surface area contributed by atoms with Gasteiger partial charge in [0.2, 0.25) is 0 Å². The lowest BCUT2D eigenvalue weighted by Crippen LogP contribution is -2.50. The normalized spacial score (nSPS) is 39.8. The monoisotopic (exact) mass is 116 g/mol. The van der Waals surface area contributed by atoms with Gasteiger partial charge >= 0.3 is 0 Å². The third-order valence-corrected chi connectivity index (χ3v) is 1.47. The zero-order valence-electron chi connectivity index (χ0n) is 4.80. The Morgan fingerprint density at radius 3 is 2.75 bits per heavy atom. The molecule has 8 heavy (non-hydrogen) atoms. The minimum Gasteiger partial charge on any atom is -0.390 e. The highest BCUT2D eigenvalue weighted by Crippen LogP contribution is 2.02.